The van der Waals surface area contributed by atoms with Crippen LogP contribution in [0.5, 0.6) is 0 Å². The van der Waals surface area contributed by atoms with Crippen LogP contribution < -0.4 is 10.1 Å². The molecule has 0 atom stereocenters. The number of nitrogens with zero attached hydrogens (tertiary/aromatic N) is 1. The molecule has 1 aliphatic heterocycles. The lowest BCUT2D eigenvalue weighted by Gasteiger charge is -2.32. The van der Waals surface area contributed by atoms with Gasteiger partial charge in [-0.05, 0) is 27.7 Å². The molecule has 18 heavy (non-hydrogen) atoms. The second kappa shape index (κ2) is 4.22. The number of aromatic nitrogens is 1. The number of hydrogen-bond donors (Lipinski definition) is 2. The number of nitrogens with one attached hydrogen (secondary N) is 1. The molecule has 2 heterocycles. The van der Waals surface area contributed by atoms with Crippen LogP contribution in [-0.2, 0) is 9.31 Å². The fourth-order valence-corrected chi connectivity index (χ4v) is 2.27. The summed E-state index contributed by atoms with van der Waals surface area (Å²) in [6.45, 7) is 7.85. The summed E-state index contributed by atoms with van der Waals surface area (Å²) >= 11 is 1.21. The normalized spacial score (nSPS) is 21.0. The average molecular weight is 270 g/mol. The Bertz CT molecular complexity index is 458. The van der Waals surface area contributed by atoms with E-state index in [9.17, 15) is 4.79 Å². The van der Waals surface area contributed by atoms with Crippen molar-refractivity contribution < 1.29 is 19.2 Å². The minimum atomic E-state index is -1.13. The number of carbonyl (C=O) groups is 1. The zero-order valence-electron chi connectivity index (χ0n) is 10.7. The van der Waals surface area contributed by atoms with Crippen molar-refractivity contribution >= 4 is 34.5 Å². The van der Waals surface area contributed by atoms with E-state index in [1.165, 1.54) is 11.3 Å². The van der Waals surface area contributed by atoms with Crippen LogP contribution in [0, 0.1) is 0 Å². The number of amides is 1. The fourth-order valence-electron chi connectivity index (χ4n) is 1.50. The average Bonchev–Trinajstić information content (AvgIpc) is 2.70. The topological polar surface area (TPSA) is 80.7 Å². The second-order valence-corrected chi connectivity index (χ2v) is 6.15. The molecule has 2 N–H and O–H groups in total. The van der Waals surface area contributed by atoms with E-state index in [-0.39, 0.29) is 0 Å². The zero-order chi connectivity index (χ0) is 13.6. The minimum Gasteiger partial charge on any atom is -0.465 e. The highest BCUT2D eigenvalue weighted by Gasteiger charge is 2.52. The Morgan fingerprint density at radius 3 is 2.44 bits per heavy atom. The van der Waals surface area contributed by atoms with E-state index < -0.39 is 24.4 Å². The van der Waals surface area contributed by atoms with Crippen LogP contribution in [0.15, 0.2) is 6.20 Å². The summed E-state index contributed by atoms with van der Waals surface area (Å²) in [5.74, 6) is 0. The van der Waals surface area contributed by atoms with Gasteiger partial charge in [0.2, 0.25) is 0 Å². The molecule has 1 amide bonds. The van der Waals surface area contributed by atoms with E-state index in [1.54, 1.807) is 6.20 Å². The van der Waals surface area contributed by atoms with Crippen molar-refractivity contribution in [2.75, 3.05) is 5.32 Å². The molecule has 1 saturated heterocycles. The Balaban J connectivity index is 2.15. The van der Waals surface area contributed by atoms with E-state index in [0.29, 0.717) is 5.13 Å². The van der Waals surface area contributed by atoms with E-state index in [2.05, 4.69) is 10.3 Å². The number of anilines is 1. The molecule has 6 nitrogen and oxygen atoms in total. The Morgan fingerprint density at radius 1 is 1.39 bits per heavy atom. The SMILES string of the molecule is CC1(C)OB(c2cnc(NC(=O)O)s2)OC1(C)C. The van der Waals surface area contributed by atoms with Crippen molar-refractivity contribution in [2.45, 2.75) is 38.9 Å². The van der Waals surface area contributed by atoms with Crippen LogP contribution >= 0.6 is 11.3 Å². The first-order chi connectivity index (χ1) is 8.21. The molecular weight excluding hydrogens is 255 g/mol. The first-order valence-electron chi connectivity index (χ1n) is 5.52. The summed E-state index contributed by atoms with van der Waals surface area (Å²) < 4.78 is 12.4. The molecule has 0 unspecified atom stereocenters. The molecule has 98 valence electrons. The summed E-state index contributed by atoms with van der Waals surface area (Å²) in [6.07, 6.45) is 0.433. The molecule has 1 aromatic heterocycles. The maximum atomic E-state index is 10.5. The van der Waals surface area contributed by atoms with Crippen LogP contribution in [0.1, 0.15) is 27.7 Å². The Hall–Kier alpha value is -1.12. The molecule has 0 saturated carbocycles. The molecule has 1 fully saturated rings. The first-order valence-corrected chi connectivity index (χ1v) is 6.34. The molecule has 0 aromatic carbocycles. The molecular formula is C10H15BN2O4S. The van der Waals surface area contributed by atoms with Crippen molar-refractivity contribution in [1.82, 2.24) is 4.98 Å². The zero-order valence-corrected chi connectivity index (χ0v) is 11.5. The van der Waals surface area contributed by atoms with Gasteiger partial charge >= 0.3 is 13.2 Å². The van der Waals surface area contributed by atoms with Gasteiger partial charge in [0.25, 0.3) is 0 Å². The Labute approximate surface area is 109 Å². The van der Waals surface area contributed by atoms with E-state index >= 15 is 0 Å². The van der Waals surface area contributed by atoms with Gasteiger partial charge in [-0.15, -0.1) is 11.3 Å². The van der Waals surface area contributed by atoms with Crippen molar-refractivity contribution in [3.05, 3.63) is 6.20 Å². The van der Waals surface area contributed by atoms with Crippen molar-refractivity contribution in [1.29, 1.82) is 0 Å². The molecule has 1 aromatic rings. The van der Waals surface area contributed by atoms with Crippen LogP contribution in [0.3, 0.4) is 0 Å². The lowest BCUT2D eigenvalue weighted by molar-refractivity contribution is 0.00578. The van der Waals surface area contributed by atoms with Gasteiger partial charge in [0.15, 0.2) is 5.13 Å². The second-order valence-electron chi connectivity index (χ2n) is 5.09. The molecule has 0 aliphatic carbocycles. The number of thiazole rings is 1. The third-order valence-corrected chi connectivity index (χ3v) is 4.16. The Kier molecular flexibility index (Phi) is 3.12. The third-order valence-electron chi connectivity index (χ3n) is 3.22. The predicted molar refractivity (Wildman–Crippen MR) is 69.5 cm³/mol. The largest absolute Gasteiger partial charge is 0.507 e. The smallest absolute Gasteiger partial charge is 0.465 e. The minimum absolute atomic E-state index is 0.312. The number of hydrogen-bond acceptors (Lipinski definition) is 5. The predicted octanol–water partition coefficient (Wildman–Crippen LogP) is 1.53. The molecule has 0 spiro atoms. The molecule has 2 rings (SSSR count). The van der Waals surface area contributed by atoms with Gasteiger partial charge in [0.05, 0.1) is 16.0 Å². The number of carboxylic acid groups (broad SMARTS) is 1. The highest BCUT2D eigenvalue weighted by atomic mass is 32.1. The third kappa shape index (κ3) is 2.36. The van der Waals surface area contributed by atoms with Gasteiger partial charge in [0, 0.05) is 6.20 Å². The summed E-state index contributed by atoms with van der Waals surface area (Å²) in [5.41, 5.74) is -0.829. The molecule has 0 radical (unpaired) electrons. The lowest BCUT2D eigenvalue weighted by Crippen LogP contribution is -2.41. The van der Waals surface area contributed by atoms with E-state index in [1.807, 2.05) is 27.7 Å². The summed E-state index contributed by atoms with van der Waals surface area (Å²) in [6, 6.07) is 0. The quantitative estimate of drug-likeness (QED) is 0.796. The lowest BCUT2D eigenvalue weighted by atomic mass is 9.89. The van der Waals surface area contributed by atoms with E-state index in [0.717, 1.165) is 4.78 Å². The first kappa shape index (κ1) is 13.3. The van der Waals surface area contributed by atoms with E-state index in [4.69, 9.17) is 14.4 Å². The van der Waals surface area contributed by atoms with Gasteiger partial charge in [-0.3, -0.25) is 5.32 Å². The monoisotopic (exact) mass is 270 g/mol. The van der Waals surface area contributed by atoms with Crippen molar-refractivity contribution in [2.24, 2.45) is 0 Å². The van der Waals surface area contributed by atoms with Crippen LogP contribution in [0.25, 0.3) is 0 Å². The standard InChI is InChI=1S/C10H15BN2O4S/c1-9(2)10(3,4)17-11(16-9)6-5-12-7(18-6)13-8(14)15/h5H,1-4H3,(H,12,13)(H,14,15). The van der Waals surface area contributed by atoms with Gasteiger partial charge in [-0.2, -0.15) is 0 Å². The molecule has 0 bridgehead atoms. The van der Waals surface area contributed by atoms with Crippen molar-refractivity contribution in [3.8, 4) is 0 Å². The number of rotatable bonds is 2. The summed E-state index contributed by atoms with van der Waals surface area (Å²) in [7, 11) is -0.503. The van der Waals surface area contributed by atoms with Crippen molar-refractivity contribution in [3.63, 3.8) is 0 Å². The Morgan fingerprint density at radius 2 is 1.94 bits per heavy atom. The van der Waals surface area contributed by atoms with Gasteiger partial charge in [-0.25, -0.2) is 9.78 Å². The van der Waals surface area contributed by atoms with Gasteiger partial charge < -0.3 is 14.4 Å². The summed E-state index contributed by atoms with van der Waals surface area (Å²) in [5, 5.41) is 11.1. The maximum absolute atomic E-state index is 10.5. The van der Waals surface area contributed by atoms with Crippen LogP contribution in [0.2, 0.25) is 0 Å². The van der Waals surface area contributed by atoms with Crippen LogP contribution in [0.4, 0.5) is 9.93 Å². The highest BCUT2D eigenvalue weighted by molar-refractivity contribution is 7.25. The highest BCUT2D eigenvalue weighted by Crippen LogP contribution is 2.36. The van der Waals surface area contributed by atoms with Gasteiger partial charge in [-0.1, -0.05) is 0 Å². The summed E-state index contributed by atoms with van der Waals surface area (Å²) in [4.78, 5) is 14.5. The fraction of sp³-hybridized carbons (Fsp3) is 0.600. The molecule has 1 aliphatic rings. The molecule has 8 heteroatoms. The van der Waals surface area contributed by atoms with Gasteiger partial charge in [0.1, 0.15) is 0 Å². The maximum Gasteiger partial charge on any atom is 0.507 e. The van der Waals surface area contributed by atoms with Crippen LogP contribution in [-0.4, -0.2) is 34.5 Å².